The van der Waals surface area contributed by atoms with Gasteiger partial charge >= 0.3 is 12.0 Å². The Morgan fingerprint density at radius 3 is 2.47 bits per heavy atom. The number of carboxylic acid groups (broad SMARTS) is 1. The molecule has 0 unspecified atom stereocenters. The summed E-state index contributed by atoms with van der Waals surface area (Å²) in [4.78, 5) is 24.7. The van der Waals surface area contributed by atoms with Crippen LogP contribution in [-0.4, -0.2) is 40.6 Å². The third-order valence-corrected chi connectivity index (χ3v) is 4.55. The van der Waals surface area contributed by atoms with Gasteiger partial charge in [-0.3, -0.25) is 0 Å². The van der Waals surface area contributed by atoms with E-state index in [0.29, 0.717) is 13.0 Å². The van der Waals surface area contributed by atoms with Crippen LogP contribution in [0.25, 0.3) is 0 Å². The topological polar surface area (TPSA) is 69.6 Å². The number of urea groups is 1. The van der Waals surface area contributed by atoms with Crippen molar-refractivity contribution in [1.82, 2.24) is 10.2 Å². The van der Waals surface area contributed by atoms with Crippen LogP contribution in [0.1, 0.15) is 51.9 Å². The highest BCUT2D eigenvalue weighted by Crippen LogP contribution is 2.27. The van der Waals surface area contributed by atoms with E-state index in [-0.39, 0.29) is 12.1 Å². The number of likely N-dealkylation sites (tertiary alicyclic amines) is 1. The number of carbonyl (C=O) groups is 2. The van der Waals surface area contributed by atoms with E-state index in [4.69, 9.17) is 5.11 Å². The average Bonchev–Trinajstić information content (AvgIpc) is 2.89. The lowest BCUT2D eigenvalue weighted by Crippen LogP contribution is -2.49. The summed E-state index contributed by atoms with van der Waals surface area (Å²) in [5, 5.41) is 12.1. The van der Waals surface area contributed by atoms with Crippen molar-refractivity contribution in [3.8, 4) is 0 Å². The van der Waals surface area contributed by atoms with Gasteiger partial charge in [0.15, 0.2) is 0 Å². The quantitative estimate of drug-likeness (QED) is 0.824. The molecule has 0 spiro atoms. The van der Waals surface area contributed by atoms with E-state index in [2.05, 4.69) is 12.2 Å². The van der Waals surface area contributed by atoms with Gasteiger partial charge in [-0.25, -0.2) is 9.59 Å². The van der Waals surface area contributed by atoms with E-state index in [9.17, 15) is 9.59 Å². The van der Waals surface area contributed by atoms with E-state index in [0.717, 1.165) is 25.2 Å². The molecule has 2 amide bonds. The fourth-order valence-corrected chi connectivity index (χ4v) is 3.24. The number of carbonyl (C=O) groups excluding carboxylic acids is 1. The zero-order chi connectivity index (χ0) is 13.8. The Kier molecular flexibility index (Phi) is 4.66. The van der Waals surface area contributed by atoms with Gasteiger partial charge in [-0.2, -0.15) is 0 Å². The lowest BCUT2D eigenvalue weighted by atomic mass is 9.84. The van der Waals surface area contributed by atoms with Gasteiger partial charge in [0.25, 0.3) is 0 Å². The lowest BCUT2D eigenvalue weighted by Gasteiger charge is -2.31. The van der Waals surface area contributed by atoms with Crippen LogP contribution in [0.15, 0.2) is 0 Å². The van der Waals surface area contributed by atoms with Gasteiger partial charge < -0.3 is 15.3 Å². The van der Waals surface area contributed by atoms with Crippen LogP contribution in [0.5, 0.6) is 0 Å². The second-order valence-corrected chi connectivity index (χ2v) is 5.77. The van der Waals surface area contributed by atoms with Crippen molar-refractivity contribution in [3.63, 3.8) is 0 Å². The molecule has 2 rings (SSSR count). The maximum Gasteiger partial charge on any atom is 0.326 e. The van der Waals surface area contributed by atoms with Crippen molar-refractivity contribution in [2.75, 3.05) is 6.54 Å². The number of hydrogen-bond acceptors (Lipinski definition) is 2. The van der Waals surface area contributed by atoms with Crippen molar-refractivity contribution < 1.29 is 14.7 Å². The number of nitrogens with zero attached hydrogens (tertiary/aromatic N) is 1. The molecule has 19 heavy (non-hydrogen) atoms. The lowest BCUT2D eigenvalue weighted by molar-refractivity contribution is -0.141. The molecule has 1 saturated heterocycles. The van der Waals surface area contributed by atoms with Crippen LogP contribution < -0.4 is 5.32 Å². The molecule has 108 valence electrons. The molecule has 1 saturated carbocycles. The first kappa shape index (κ1) is 14.2. The second-order valence-electron chi connectivity index (χ2n) is 5.77. The highest BCUT2D eigenvalue weighted by atomic mass is 16.4. The molecule has 1 aliphatic heterocycles. The third kappa shape index (κ3) is 3.39. The van der Waals surface area contributed by atoms with E-state index in [1.165, 1.54) is 24.2 Å². The molecule has 5 nitrogen and oxygen atoms in total. The normalized spacial score (nSPS) is 31.2. The van der Waals surface area contributed by atoms with Crippen LogP contribution >= 0.6 is 0 Å². The standard InChI is InChI=1S/C14H24N2O3/c1-2-10-5-7-11(8-6-10)15-14(19)16-9-3-4-12(16)13(17)18/h10-12H,2-9H2,1H3,(H,15,19)(H,17,18)/t10?,11?,12-/m0/s1. The maximum atomic E-state index is 12.1. The Hall–Kier alpha value is -1.26. The highest BCUT2D eigenvalue weighted by molar-refractivity contribution is 5.83. The summed E-state index contributed by atoms with van der Waals surface area (Å²) in [6.07, 6.45) is 6.96. The van der Waals surface area contributed by atoms with Gasteiger partial charge in [-0.15, -0.1) is 0 Å². The molecule has 1 heterocycles. The van der Waals surface area contributed by atoms with Gasteiger partial charge in [0.1, 0.15) is 6.04 Å². The van der Waals surface area contributed by atoms with Crippen molar-refractivity contribution >= 4 is 12.0 Å². The van der Waals surface area contributed by atoms with Crippen LogP contribution in [0, 0.1) is 5.92 Å². The number of carboxylic acids is 1. The Labute approximate surface area is 114 Å². The fourth-order valence-electron chi connectivity index (χ4n) is 3.24. The predicted molar refractivity (Wildman–Crippen MR) is 71.9 cm³/mol. The Morgan fingerprint density at radius 2 is 1.89 bits per heavy atom. The van der Waals surface area contributed by atoms with Crippen molar-refractivity contribution in [1.29, 1.82) is 0 Å². The maximum absolute atomic E-state index is 12.1. The molecule has 5 heteroatoms. The molecular formula is C14H24N2O3. The molecule has 0 bridgehead atoms. The summed E-state index contributed by atoms with van der Waals surface area (Å²) in [6.45, 7) is 2.78. The molecule has 2 aliphatic rings. The molecular weight excluding hydrogens is 244 g/mol. The summed E-state index contributed by atoms with van der Waals surface area (Å²) in [5.41, 5.74) is 0. The van der Waals surface area contributed by atoms with Crippen molar-refractivity contribution in [3.05, 3.63) is 0 Å². The second kappa shape index (κ2) is 6.26. The summed E-state index contributed by atoms with van der Waals surface area (Å²) in [6, 6.07) is -0.595. The zero-order valence-corrected chi connectivity index (χ0v) is 11.6. The van der Waals surface area contributed by atoms with Crippen molar-refractivity contribution in [2.45, 2.75) is 64.0 Å². The van der Waals surface area contributed by atoms with Gasteiger partial charge in [0.2, 0.25) is 0 Å². The van der Waals surface area contributed by atoms with Crippen molar-refractivity contribution in [2.24, 2.45) is 5.92 Å². The summed E-state index contributed by atoms with van der Waals surface area (Å²) in [7, 11) is 0. The van der Waals surface area contributed by atoms with Gasteiger partial charge in [-0.05, 0) is 44.4 Å². The van der Waals surface area contributed by atoms with Crippen LogP contribution in [0.4, 0.5) is 4.79 Å². The molecule has 1 atom stereocenters. The summed E-state index contributed by atoms with van der Waals surface area (Å²) in [5.74, 6) is -0.0888. The highest BCUT2D eigenvalue weighted by Gasteiger charge is 2.35. The molecule has 2 fully saturated rings. The largest absolute Gasteiger partial charge is 0.480 e. The SMILES string of the molecule is CCC1CCC(NC(=O)N2CCC[C@H]2C(=O)O)CC1. The smallest absolute Gasteiger partial charge is 0.326 e. The van der Waals surface area contributed by atoms with Crippen LogP contribution in [0.3, 0.4) is 0 Å². The molecule has 0 aromatic heterocycles. The van der Waals surface area contributed by atoms with Crippen LogP contribution in [0.2, 0.25) is 0 Å². The number of nitrogens with one attached hydrogen (secondary N) is 1. The Balaban J connectivity index is 1.82. The van der Waals surface area contributed by atoms with Crippen LogP contribution in [-0.2, 0) is 4.79 Å². The third-order valence-electron chi connectivity index (χ3n) is 4.55. The predicted octanol–water partition coefficient (Wildman–Crippen LogP) is 2.21. The number of hydrogen-bond donors (Lipinski definition) is 2. The minimum absolute atomic E-state index is 0.190. The number of rotatable bonds is 3. The van der Waals surface area contributed by atoms with Gasteiger partial charge in [0, 0.05) is 12.6 Å². The number of amides is 2. The van der Waals surface area contributed by atoms with E-state index in [1.807, 2.05) is 0 Å². The number of aliphatic carboxylic acids is 1. The monoisotopic (exact) mass is 268 g/mol. The minimum Gasteiger partial charge on any atom is -0.480 e. The molecule has 0 radical (unpaired) electrons. The zero-order valence-electron chi connectivity index (χ0n) is 11.6. The fraction of sp³-hybridized carbons (Fsp3) is 0.857. The van der Waals surface area contributed by atoms with Gasteiger partial charge in [-0.1, -0.05) is 13.3 Å². The Bertz CT molecular complexity index is 338. The van der Waals surface area contributed by atoms with E-state index < -0.39 is 12.0 Å². The minimum atomic E-state index is -0.887. The molecule has 2 N–H and O–H groups in total. The summed E-state index contributed by atoms with van der Waals surface area (Å²) >= 11 is 0. The van der Waals surface area contributed by atoms with Gasteiger partial charge in [0.05, 0.1) is 0 Å². The summed E-state index contributed by atoms with van der Waals surface area (Å²) < 4.78 is 0. The van der Waals surface area contributed by atoms with E-state index >= 15 is 0 Å². The molecule has 0 aromatic rings. The first-order chi connectivity index (χ1) is 9.11. The molecule has 1 aliphatic carbocycles. The molecule has 0 aromatic carbocycles. The average molecular weight is 268 g/mol. The van der Waals surface area contributed by atoms with E-state index in [1.54, 1.807) is 0 Å². The first-order valence-corrected chi connectivity index (χ1v) is 7.41. The first-order valence-electron chi connectivity index (χ1n) is 7.41. The Morgan fingerprint density at radius 1 is 1.21 bits per heavy atom.